The van der Waals surface area contributed by atoms with E-state index >= 15 is 0 Å². The largest absolute Gasteiger partial charge is 0.478 e. The molecule has 0 bridgehead atoms. The van der Waals surface area contributed by atoms with E-state index in [1.54, 1.807) is 12.1 Å². The minimum Gasteiger partial charge on any atom is -0.478 e. The van der Waals surface area contributed by atoms with E-state index in [4.69, 9.17) is 10.2 Å². The summed E-state index contributed by atoms with van der Waals surface area (Å²) in [5.74, 6) is -0.874. The van der Waals surface area contributed by atoms with E-state index in [1.165, 1.54) is 12.0 Å². The van der Waals surface area contributed by atoms with Crippen molar-refractivity contribution in [3.8, 4) is 0 Å². The Hall–Kier alpha value is -1.35. The minimum absolute atomic E-state index is 0.288. The monoisotopic (exact) mass is 236 g/mol. The number of rotatable bonds is 8. The molecular weight excluding hydrogens is 216 g/mol. The van der Waals surface area contributed by atoms with Gasteiger partial charge in [-0.25, -0.2) is 4.79 Å². The van der Waals surface area contributed by atoms with Crippen molar-refractivity contribution in [3.63, 3.8) is 0 Å². The molecule has 0 aliphatic carbocycles. The van der Waals surface area contributed by atoms with Gasteiger partial charge in [-0.2, -0.15) is 0 Å². The molecule has 3 heteroatoms. The van der Waals surface area contributed by atoms with Crippen molar-refractivity contribution in [2.24, 2.45) is 0 Å². The first-order valence-electron chi connectivity index (χ1n) is 6.17. The zero-order valence-corrected chi connectivity index (χ0v) is 10.1. The molecule has 0 heterocycles. The Morgan fingerprint density at radius 3 is 2.12 bits per heavy atom. The summed E-state index contributed by atoms with van der Waals surface area (Å²) in [7, 11) is 0. The van der Waals surface area contributed by atoms with Gasteiger partial charge < -0.3 is 10.2 Å². The number of carboxylic acids is 1. The van der Waals surface area contributed by atoms with E-state index in [9.17, 15) is 4.79 Å². The van der Waals surface area contributed by atoms with Gasteiger partial charge in [0.1, 0.15) is 0 Å². The zero-order chi connectivity index (χ0) is 12.5. The molecule has 0 aliphatic rings. The van der Waals surface area contributed by atoms with Crippen LogP contribution in [-0.4, -0.2) is 22.8 Å². The van der Waals surface area contributed by atoms with Crippen LogP contribution in [0.25, 0.3) is 0 Å². The highest BCUT2D eigenvalue weighted by Gasteiger charge is 2.01. The summed E-state index contributed by atoms with van der Waals surface area (Å²) in [6.45, 7) is 0.288. The number of aromatic carboxylic acids is 1. The second-order valence-electron chi connectivity index (χ2n) is 4.24. The van der Waals surface area contributed by atoms with Gasteiger partial charge in [0.05, 0.1) is 5.56 Å². The summed E-state index contributed by atoms with van der Waals surface area (Å²) >= 11 is 0. The fraction of sp³-hybridized carbons (Fsp3) is 0.500. The minimum atomic E-state index is -0.874. The summed E-state index contributed by atoms with van der Waals surface area (Å²) in [6.07, 6.45) is 6.44. The van der Waals surface area contributed by atoms with Crippen molar-refractivity contribution in [2.75, 3.05) is 6.61 Å². The lowest BCUT2D eigenvalue weighted by Crippen LogP contribution is -1.96. The van der Waals surface area contributed by atoms with Crippen molar-refractivity contribution in [1.29, 1.82) is 0 Å². The molecule has 2 N–H and O–H groups in total. The molecule has 3 nitrogen and oxygen atoms in total. The van der Waals surface area contributed by atoms with Crippen LogP contribution in [0.4, 0.5) is 0 Å². The smallest absolute Gasteiger partial charge is 0.335 e. The zero-order valence-electron chi connectivity index (χ0n) is 10.1. The topological polar surface area (TPSA) is 57.5 Å². The van der Waals surface area contributed by atoms with Crippen molar-refractivity contribution in [3.05, 3.63) is 35.4 Å². The molecule has 0 fully saturated rings. The molecule has 0 atom stereocenters. The maximum atomic E-state index is 10.7. The van der Waals surface area contributed by atoms with Gasteiger partial charge in [-0.05, 0) is 37.0 Å². The molecule has 0 amide bonds. The number of aliphatic hydroxyl groups is 1. The molecule has 0 saturated carbocycles. The number of carbonyl (C=O) groups is 1. The molecule has 0 aromatic heterocycles. The highest BCUT2D eigenvalue weighted by atomic mass is 16.4. The number of aliphatic hydroxyl groups excluding tert-OH is 1. The number of unbranched alkanes of at least 4 members (excludes halogenated alkanes) is 4. The van der Waals surface area contributed by atoms with Crippen LogP contribution in [0.5, 0.6) is 0 Å². The predicted molar refractivity (Wildman–Crippen MR) is 67.3 cm³/mol. The van der Waals surface area contributed by atoms with Gasteiger partial charge in [0.15, 0.2) is 0 Å². The molecule has 0 unspecified atom stereocenters. The molecule has 17 heavy (non-hydrogen) atoms. The van der Waals surface area contributed by atoms with E-state index in [1.807, 2.05) is 12.1 Å². The van der Waals surface area contributed by atoms with Crippen molar-refractivity contribution >= 4 is 5.97 Å². The molecule has 1 aromatic rings. The van der Waals surface area contributed by atoms with Crippen LogP contribution in [0.3, 0.4) is 0 Å². The first-order valence-corrected chi connectivity index (χ1v) is 6.17. The predicted octanol–water partition coefficient (Wildman–Crippen LogP) is 2.87. The third-order valence-corrected chi connectivity index (χ3v) is 2.82. The lowest BCUT2D eigenvalue weighted by molar-refractivity contribution is 0.0697. The van der Waals surface area contributed by atoms with Crippen LogP contribution in [0.15, 0.2) is 24.3 Å². The lowest BCUT2D eigenvalue weighted by atomic mass is 10.0. The van der Waals surface area contributed by atoms with Crippen LogP contribution >= 0.6 is 0 Å². The van der Waals surface area contributed by atoms with E-state index < -0.39 is 5.97 Å². The molecule has 0 spiro atoms. The summed E-state index contributed by atoms with van der Waals surface area (Å²) < 4.78 is 0. The second-order valence-corrected chi connectivity index (χ2v) is 4.24. The van der Waals surface area contributed by atoms with E-state index in [-0.39, 0.29) is 6.61 Å². The Labute approximate surface area is 102 Å². The number of hydrogen-bond acceptors (Lipinski definition) is 2. The average Bonchev–Trinajstić information content (AvgIpc) is 2.34. The number of benzene rings is 1. The van der Waals surface area contributed by atoms with Crippen LogP contribution in [-0.2, 0) is 6.42 Å². The fourth-order valence-electron chi connectivity index (χ4n) is 1.79. The van der Waals surface area contributed by atoms with Gasteiger partial charge in [-0.3, -0.25) is 0 Å². The molecule has 94 valence electrons. The van der Waals surface area contributed by atoms with Gasteiger partial charge in [0.25, 0.3) is 0 Å². The summed E-state index contributed by atoms with van der Waals surface area (Å²) in [4.78, 5) is 10.7. The van der Waals surface area contributed by atoms with Gasteiger partial charge in [-0.15, -0.1) is 0 Å². The van der Waals surface area contributed by atoms with Gasteiger partial charge in [0.2, 0.25) is 0 Å². The van der Waals surface area contributed by atoms with Crippen LogP contribution in [0.2, 0.25) is 0 Å². The van der Waals surface area contributed by atoms with E-state index in [0.29, 0.717) is 5.56 Å². The normalized spacial score (nSPS) is 10.4. The average molecular weight is 236 g/mol. The molecular formula is C14H20O3. The Kier molecular flexibility index (Phi) is 6.33. The number of aryl methyl sites for hydroxylation is 1. The molecule has 0 saturated heterocycles. The first kappa shape index (κ1) is 13.7. The quantitative estimate of drug-likeness (QED) is 0.682. The summed E-state index contributed by atoms with van der Waals surface area (Å²) in [5.41, 5.74) is 1.54. The first-order chi connectivity index (χ1) is 8.24. The second kappa shape index (κ2) is 7.85. The van der Waals surface area contributed by atoms with Crippen LogP contribution in [0, 0.1) is 0 Å². The van der Waals surface area contributed by atoms with Crippen molar-refractivity contribution < 1.29 is 15.0 Å². The Morgan fingerprint density at radius 2 is 1.53 bits per heavy atom. The SMILES string of the molecule is O=C(O)c1ccc(CCCCCCCO)cc1. The van der Waals surface area contributed by atoms with Crippen molar-refractivity contribution in [1.82, 2.24) is 0 Å². The van der Waals surface area contributed by atoms with Gasteiger partial charge in [0, 0.05) is 6.61 Å². The highest BCUT2D eigenvalue weighted by molar-refractivity contribution is 5.87. The standard InChI is InChI=1S/C14H20O3/c15-11-5-3-1-2-4-6-12-7-9-13(10-8-12)14(16)17/h7-10,15H,1-6,11H2,(H,16,17). The summed E-state index contributed by atoms with van der Waals surface area (Å²) in [5, 5.41) is 17.4. The van der Waals surface area contributed by atoms with E-state index in [2.05, 4.69) is 0 Å². The maximum absolute atomic E-state index is 10.7. The summed E-state index contributed by atoms with van der Waals surface area (Å²) in [6, 6.07) is 7.08. The third kappa shape index (κ3) is 5.50. The molecule has 1 aromatic carbocycles. The molecule has 1 rings (SSSR count). The fourth-order valence-corrected chi connectivity index (χ4v) is 1.79. The lowest BCUT2D eigenvalue weighted by Gasteiger charge is -2.02. The van der Waals surface area contributed by atoms with Gasteiger partial charge >= 0.3 is 5.97 Å². The number of carboxylic acid groups (broad SMARTS) is 1. The van der Waals surface area contributed by atoms with Crippen LogP contribution in [0.1, 0.15) is 48.0 Å². The van der Waals surface area contributed by atoms with Gasteiger partial charge in [-0.1, -0.05) is 31.4 Å². The highest BCUT2D eigenvalue weighted by Crippen LogP contribution is 2.10. The molecule has 0 aliphatic heterocycles. The Balaban J connectivity index is 2.21. The molecule has 0 radical (unpaired) electrons. The van der Waals surface area contributed by atoms with E-state index in [0.717, 1.165) is 32.1 Å². The van der Waals surface area contributed by atoms with Crippen LogP contribution < -0.4 is 0 Å². The van der Waals surface area contributed by atoms with Crippen molar-refractivity contribution in [2.45, 2.75) is 38.5 Å². The maximum Gasteiger partial charge on any atom is 0.335 e. The Morgan fingerprint density at radius 1 is 0.941 bits per heavy atom. The third-order valence-electron chi connectivity index (χ3n) is 2.82. The number of hydrogen-bond donors (Lipinski definition) is 2. The Bertz CT molecular complexity index is 330.